The van der Waals surface area contributed by atoms with Crippen molar-refractivity contribution in [2.45, 2.75) is 58.0 Å². The fourth-order valence-electron chi connectivity index (χ4n) is 1.09. The molecule has 1 N–H and O–H groups in total. The van der Waals surface area contributed by atoms with Crippen molar-refractivity contribution in [3.8, 4) is 0 Å². The Morgan fingerprint density at radius 3 is 2.06 bits per heavy atom. The van der Waals surface area contributed by atoms with Gasteiger partial charge in [-0.15, -0.1) is 0 Å². The molecule has 0 bridgehead atoms. The van der Waals surface area contributed by atoms with Crippen LogP contribution in [0.4, 0.5) is 0 Å². The first-order valence-electron chi connectivity index (χ1n) is 5.61. The van der Waals surface area contributed by atoms with Gasteiger partial charge in [-0.05, 0) is 25.1 Å². The summed E-state index contributed by atoms with van der Waals surface area (Å²) in [5.74, 6) is 0.353. The van der Waals surface area contributed by atoms with Crippen molar-refractivity contribution in [1.82, 2.24) is 0 Å². The molecule has 0 aliphatic rings. The fourth-order valence-corrected chi connectivity index (χ4v) is 2.50. The van der Waals surface area contributed by atoms with Gasteiger partial charge in [0.1, 0.15) is 11.9 Å². The lowest BCUT2D eigenvalue weighted by atomic mass is 10.2. The highest BCUT2D eigenvalue weighted by Gasteiger charge is 2.39. The van der Waals surface area contributed by atoms with Gasteiger partial charge in [0.2, 0.25) is 0 Å². The van der Waals surface area contributed by atoms with E-state index in [1.165, 1.54) is 7.11 Å². The van der Waals surface area contributed by atoms with Crippen LogP contribution in [0.15, 0.2) is 12.3 Å². The van der Waals surface area contributed by atoms with Crippen LogP contribution in [0.3, 0.4) is 0 Å². The minimum absolute atomic E-state index is 0.134. The highest BCUT2D eigenvalue weighted by atomic mass is 28.4. The van der Waals surface area contributed by atoms with Crippen LogP contribution in [-0.4, -0.2) is 32.7 Å². The summed E-state index contributed by atoms with van der Waals surface area (Å²) in [6.45, 7) is 16.3. The zero-order valence-electron chi connectivity index (χ0n) is 11.6. The maximum absolute atomic E-state index is 9.89. The van der Waals surface area contributed by atoms with E-state index in [0.29, 0.717) is 5.76 Å². The minimum atomic E-state index is -1.85. The van der Waals surface area contributed by atoms with Crippen molar-refractivity contribution in [3.63, 3.8) is 0 Å². The second-order valence-electron chi connectivity index (χ2n) is 5.70. The van der Waals surface area contributed by atoms with E-state index in [0.717, 1.165) is 0 Å². The molecule has 16 heavy (non-hydrogen) atoms. The first-order valence-corrected chi connectivity index (χ1v) is 8.52. The van der Waals surface area contributed by atoms with Gasteiger partial charge >= 0.3 is 0 Å². The number of aliphatic hydroxyl groups excluding tert-OH is 1. The molecule has 0 heterocycles. The van der Waals surface area contributed by atoms with Crippen LogP contribution in [0.1, 0.15) is 27.7 Å². The summed E-state index contributed by atoms with van der Waals surface area (Å²) in [5, 5.41) is 10.0. The molecule has 0 saturated heterocycles. The van der Waals surface area contributed by atoms with Crippen LogP contribution in [0.25, 0.3) is 0 Å². The molecule has 0 rings (SSSR count). The van der Waals surface area contributed by atoms with Crippen LogP contribution < -0.4 is 0 Å². The van der Waals surface area contributed by atoms with Gasteiger partial charge in [0.25, 0.3) is 0 Å². The molecule has 4 heteroatoms. The lowest BCUT2D eigenvalue weighted by molar-refractivity contribution is 0.0281. The lowest BCUT2D eigenvalue weighted by Crippen LogP contribution is -2.46. The third-order valence-electron chi connectivity index (χ3n) is 3.32. The van der Waals surface area contributed by atoms with E-state index in [-0.39, 0.29) is 11.1 Å². The van der Waals surface area contributed by atoms with Gasteiger partial charge in [-0.2, -0.15) is 0 Å². The Morgan fingerprint density at radius 2 is 1.75 bits per heavy atom. The van der Waals surface area contributed by atoms with Gasteiger partial charge in [0.15, 0.2) is 8.32 Å². The average Bonchev–Trinajstić information content (AvgIpc) is 2.12. The van der Waals surface area contributed by atoms with E-state index in [1.54, 1.807) is 0 Å². The van der Waals surface area contributed by atoms with E-state index in [9.17, 15) is 5.11 Å². The van der Waals surface area contributed by atoms with Gasteiger partial charge < -0.3 is 14.3 Å². The second kappa shape index (κ2) is 5.34. The topological polar surface area (TPSA) is 38.7 Å². The largest absolute Gasteiger partial charge is 0.499 e. The molecule has 0 aromatic carbocycles. The Kier molecular flexibility index (Phi) is 5.23. The molecular formula is C12H26O3Si. The van der Waals surface area contributed by atoms with Crippen molar-refractivity contribution in [2.75, 3.05) is 7.11 Å². The molecular weight excluding hydrogens is 220 g/mol. The molecule has 0 fully saturated rings. The van der Waals surface area contributed by atoms with Crippen molar-refractivity contribution in [1.29, 1.82) is 0 Å². The molecule has 0 aliphatic carbocycles. The number of methoxy groups -OCH3 is 1. The lowest BCUT2D eigenvalue weighted by Gasteiger charge is -2.39. The molecule has 3 nitrogen and oxygen atoms in total. The summed E-state index contributed by atoms with van der Waals surface area (Å²) in [6, 6.07) is 0. The maximum Gasteiger partial charge on any atom is 0.192 e. The molecule has 0 radical (unpaired) electrons. The summed E-state index contributed by atoms with van der Waals surface area (Å²) < 4.78 is 11.0. The van der Waals surface area contributed by atoms with Crippen LogP contribution >= 0.6 is 0 Å². The third-order valence-corrected chi connectivity index (χ3v) is 7.90. The van der Waals surface area contributed by atoms with E-state index < -0.39 is 14.4 Å². The standard InChI is InChI=1S/C12H26O3Si/c1-9(14-6)11(13)10(2)15-16(7,8)12(3,4)5/h10-11,13H,1H2,2-8H3/t10-,11?/m0/s1. The zero-order valence-corrected chi connectivity index (χ0v) is 12.6. The van der Waals surface area contributed by atoms with Crippen molar-refractivity contribution in [2.24, 2.45) is 0 Å². The molecule has 0 amide bonds. The normalized spacial score (nSPS) is 16.8. The Balaban J connectivity index is 4.56. The number of aliphatic hydroxyl groups is 1. The zero-order chi connectivity index (χ0) is 13.1. The molecule has 0 aromatic rings. The fraction of sp³-hybridized carbons (Fsp3) is 0.833. The quantitative estimate of drug-likeness (QED) is 0.599. The number of hydrogen-bond donors (Lipinski definition) is 1. The predicted molar refractivity (Wildman–Crippen MR) is 69.9 cm³/mol. The first kappa shape index (κ1) is 15.7. The van der Waals surface area contributed by atoms with Gasteiger partial charge in [-0.1, -0.05) is 27.4 Å². The summed E-state index contributed by atoms with van der Waals surface area (Å²) in [5.41, 5.74) is 0. The van der Waals surface area contributed by atoms with Gasteiger partial charge in [-0.3, -0.25) is 0 Å². The summed E-state index contributed by atoms with van der Waals surface area (Å²) in [6.07, 6.45) is -1.05. The minimum Gasteiger partial charge on any atom is -0.499 e. The molecule has 0 saturated carbocycles. The predicted octanol–water partition coefficient (Wildman–Crippen LogP) is 2.92. The Bertz CT molecular complexity index is 243. The molecule has 1 unspecified atom stereocenters. The second-order valence-corrected chi connectivity index (χ2v) is 10.5. The summed E-state index contributed by atoms with van der Waals surface area (Å²) >= 11 is 0. The summed E-state index contributed by atoms with van der Waals surface area (Å²) in [4.78, 5) is 0. The molecule has 2 atom stereocenters. The third kappa shape index (κ3) is 3.92. The molecule has 0 aromatic heterocycles. The highest BCUT2D eigenvalue weighted by Crippen LogP contribution is 2.37. The smallest absolute Gasteiger partial charge is 0.192 e. The molecule has 0 aliphatic heterocycles. The SMILES string of the molecule is C=C(OC)C(O)[C@H](C)O[Si](C)(C)C(C)(C)C. The Hall–Kier alpha value is -0.323. The molecule has 96 valence electrons. The summed E-state index contributed by atoms with van der Waals surface area (Å²) in [7, 11) is -0.341. The number of hydrogen-bond acceptors (Lipinski definition) is 3. The number of ether oxygens (including phenoxy) is 1. The average molecular weight is 246 g/mol. The van der Waals surface area contributed by atoms with Crippen molar-refractivity contribution in [3.05, 3.63) is 12.3 Å². The van der Waals surface area contributed by atoms with Crippen molar-refractivity contribution < 1.29 is 14.3 Å². The Labute approximate surface area is 101 Å². The Morgan fingerprint density at radius 1 is 1.31 bits per heavy atom. The van der Waals surface area contributed by atoms with E-state index in [1.807, 2.05) is 6.92 Å². The van der Waals surface area contributed by atoms with Crippen LogP contribution in [0.2, 0.25) is 18.1 Å². The molecule has 0 spiro atoms. The van der Waals surface area contributed by atoms with E-state index in [4.69, 9.17) is 9.16 Å². The van der Waals surface area contributed by atoms with Gasteiger partial charge in [-0.25, -0.2) is 0 Å². The maximum atomic E-state index is 9.89. The highest BCUT2D eigenvalue weighted by molar-refractivity contribution is 6.74. The van der Waals surface area contributed by atoms with Crippen LogP contribution in [0.5, 0.6) is 0 Å². The monoisotopic (exact) mass is 246 g/mol. The first-order chi connectivity index (χ1) is 7.03. The van der Waals surface area contributed by atoms with Gasteiger partial charge in [0, 0.05) is 0 Å². The van der Waals surface area contributed by atoms with E-state index >= 15 is 0 Å². The van der Waals surface area contributed by atoms with Gasteiger partial charge in [0.05, 0.1) is 13.2 Å². The number of rotatable bonds is 5. The van der Waals surface area contributed by atoms with Crippen LogP contribution in [-0.2, 0) is 9.16 Å². The van der Waals surface area contributed by atoms with Crippen LogP contribution in [0, 0.1) is 0 Å². The van der Waals surface area contributed by atoms with E-state index in [2.05, 4.69) is 40.4 Å². The van der Waals surface area contributed by atoms with Crippen molar-refractivity contribution >= 4 is 8.32 Å².